The molecule has 1 heterocycles. The molecule has 8 nitrogen and oxygen atoms in total. The van der Waals surface area contributed by atoms with Crippen molar-refractivity contribution in [1.29, 1.82) is 0 Å². The lowest BCUT2D eigenvalue weighted by atomic mass is 10.1. The Morgan fingerprint density at radius 3 is 2.31 bits per heavy atom. The van der Waals surface area contributed by atoms with Gasteiger partial charge in [-0.15, -0.1) is 0 Å². The third-order valence-electron chi connectivity index (χ3n) is 5.24. The second-order valence-corrected chi connectivity index (χ2v) is 10.4. The molecule has 184 valence electrons. The van der Waals surface area contributed by atoms with E-state index < -0.39 is 4.92 Å². The second kappa shape index (κ2) is 11.3. The number of amides is 2. The molecule has 3 aromatic rings. The predicted octanol–water partition coefficient (Wildman–Crippen LogP) is 6.94. The van der Waals surface area contributed by atoms with Gasteiger partial charge in [-0.05, 0) is 70.9 Å². The molecule has 0 saturated carbocycles. The first-order valence-corrected chi connectivity index (χ1v) is 12.9. The number of ether oxygens (including phenoxy) is 2. The van der Waals surface area contributed by atoms with E-state index >= 15 is 0 Å². The number of benzene rings is 3. The normalized spacial score (nSPS) is 14.4. The maximum atomic E-state index is 12.9. The maximum absolute atomic E-state index is 12.9. The number of methoxy groups -OCH3 is 1. The highest BCUT2D eigenvalue weighted by atomic mass is 79.9. The average molecular weight is 634 g/mol. The van der Waals surface area contributed by atoms with Crippen LogP contribution in [-0.2, 0) is 17.9 Å². The van der Waals surface area contributed by atoms with Crippen LogP contribution in [0.15, 0.2) is 74.5 Å². The number of carbonyl (C=O) groups is 2. The van der Waals surface area contributed by atoms with E-state index in [1.807, 2.05) is 24.3 Å². The van der Waals surface area contributed by atoms with Crippen molar-refractivity contribution in [2.45, 2.75) is 13.2 Å². The lowest BCUT2D eigenvalue weighted by Gasteiger charge is -2.13. The molecule has 0 atom stereocenters. The van der Waals surface area contributed by atoms with Gasteiger partial charge in [0.25, 0.3) is 16.8 Å². The Labute approximate surface area is 227 Å². The van der Waals surface area contributed by atoms with Crippen molar-refractivity contribution in [3.63, 3.8) is 0 Å². The number of hydrogen-bond donors (Lipinski definition) is 0. The van der Waals surface area contributed by atoms with Crippen molar-refractivity contribution in [1.82, 2.24) is 4.90 Å². The molecule has 0 spiro atoms. The van der Waals surface area contributed by atoms with Gasteiger partial charge in [-0.25, -0.2) is 0 Å². The lowest BCUT2D eigenvalue weighted by Crippen LogP contribution is -2.27. The molecule has 1 aliphatic rings. The van der Waals surface area contributed by atoms with Crippen LogP contribution in [0.3, 0.4) is 0 Å². The van der Waals surface area contributed by atoms with Crippen LogP contribution < -0.4 is 9.47 Å². The van der Waals surface area contributed by atoms with Gasteiger partial charge in [0, 0.05) is 21.1 Å². The Balaban J connectivity index is 1.50. The Morgan fingerprint density at radius 1 is 1.00 bits per heavy atom. The highest BCUT2D eigenvalue weighted by Gasteiger charge is 2.35. The Hall–Kier alpha value is -3.15. The average Bonchev–Trinajstić information content (AvgIpc) is 3.12. The molecule has 36 heavy (non-hydrogen) atoms. The summed E-state index contributed by atoms with van der Waals surface area (Å²) in [4.78, 5) is 37.3. The lowest BCUT2D eigenvalue weighted by molar-refractivity contribution is -0.384. The van der Waals surface area contributed by atoms with Crippen molar-refractivity contribution < 1.29 is 24.0 Å². The topological polar surface area (TPSA) is 99.0 Å². The van der Waals surface area contributed by atoms with Crippen molar-refractivity contribution in [3.05, 3.63) is 101 Å². The van der Waals surface area contributed by atoms with E-state index in [9.17, 15) is 19.7 Å². The first-order valence-electron chi connectivity index (χ1n) is 10.5. The van der Waals surface area contributed by atoms with Gasteiger partial charge in [0.05, 0.1) is 23.5 Å². The molecule has 1 fully saturated rings. The van der Waals surface area contributed by atoms with Crippen LogP contribution in [0.25, 0.3) is 6.08 Å². The van der Waals surface area contributed by atoms with Gasteiger partial charge >= 0.3 is 0 Å². The third kappa shape index (κ3) is 5.97. The molecule has 0 bridgehead atoms. The fourth-order valence-electron chi connectivity index (χ4n) is 3.36. The summed E-state index contributed by atoms with van der Waals surface area (Å²) in [6.45, 7) is 0.365. The Bertz CT molecular complexity index is 1360. The number of nitro benzene ring substituents is 1. The summed E-state index contributed by atoms with van der Waals surface area (Å²) in [7, 11) is 1.50. The summed E-state index contributed by atoms with van der Waals surface area (Å²) in [5.74, 6) is 0.515. The van der Waals surface area contributed by atoms with Gasteiger partial charge in [0.15, 0.2) is 11.5 Å². The van der Waals surface area contributed by atoms with Crippen molar-refractivity contribution in [2.75, 3.05) is 7.11 Å². The van der Waals surface area contributed by atoms with Crippen LogP contribution in [0.4, 0.5) is 10.5 Å². The van der Waals surface area contributed by atoms with Crippen LogP contribution in [0.5, 0.6) is 11.5 Å². The minimum Gasteiger partial charge on any atom is -0.493 e. The van der Waals surface area contributed by atoms with E-state index in [4.69, 9.17) is 9.47 Å². The molecule has 0 radical (unpaired) electrons. The zero-order chi connectivity index (χ0) is 25.8. The third-order valence-corrected chi connectivity index (χ3v) is 7.36. The summed E-state index contributed by atoms with van der Waals surface area (Å²) in [5, 5.41) is 10.5. The zero-order valence-corrected chi connectivity index (χ0v) is 22.8. The number of rotatable bonds is 8. The number of nitro groups is 1. The van der Waals surface area contributed by atoms with E-state index in [2.05, 4.69) is 31.9 Å². The molecular formula is C25H18Br2N2O6S. The fraction of sp³-hybridized carbons (Fsp3) is 0.120. The first kappa shape index (κ1) is 25.9. The van der Waals surface area contributed by atoms with E-state index in [1.54, 1.807) is 30.3 Å². The van der Waals surface area contributed by atoms with Crippen LogP contribution in [-0.4, -0.2) is 28.1 Å². The highest BCUT2D eigenvalue weighted by Crippen LogP contribution is 2.38. The quantitative estimate of drug-likeness (QED) is 0.150. The molecule has 0 N–H and O–H groups in total. The summed E-state index contributed by atoms with van der Waals surface area (Å²) >= 11 is 7.76. The number of carbonyl (C=O) groups excluding carboxylic acids is 2. The van der Waals surface area contributed by atoms with E-state index in [-0.39, 0.29) is 30.0 Å². The molecular weight excluding hydrogens is 616 g/mol. The monoisotopic (exact) mass is 632 g/mol. The number of hydrogen-bond acceptors (Lipinski definition) is 7. The van der Waals surface area contributed by atoms with Gasteiger partial charge in [-0.1, -0.05) is 44.0 Å². The predicted molar refractivity (Wildman–Crippen MR) is 144 cm³/mol. The van der Waals surface area contributed by atoms with E-state index in [0.29, 0.717) is 26.4 Å². The van der Waals surface area contributed by atoms with Gasteiger partial charge in [-0.2, -0.15) is 0 Å². The Kier molecular flexibility index (Phi) is 8.12. The molecule has 0 aromatic heterocycles. The largest absolute Gasteiger partial charge is 0.493 e. The van der Waals surface area contributed by atoms with Gasteiger partial charge < -0.3 is 9.47 Å². The standard InChI is InChI=1S/C25H18Br2N2O6S/c1-34-21-10-17(20(27)12-22(21)35-14-16-4-8-19(9-5-16)29(32)33)11-23-24(30)28(25(31)36-23)13-15-2-6-18(26)7-3-15/h2-12H,13-14H2,1H3/b23-11-. The number of thioether (sulfide) groups is 1. The SMILES string of the molecule is COc1cc(/C=C2\SC(=O)N(Cc3ccc(Br)cc3)C2=O)c(Br)cc1OCc1ccc([N+](=O)[O-])cc1. The van der Waals surface area contributed by atoms with Gasteiger partial charge in [0.1, 0.15) is 6.61 Å². The van der Waals surface area contributed by atoms with Crippen LogP contribution >= 0.6 is 43.6 Å². The molecule has 1 saturated heterocycles. The second-order valence-electron chi connectivity index (χ2n) is 7.63. The molecule has 2 amide bonds. The number of imide groups is 1. The summed E-state index contributed by atoms with van der Waals surface area (Å²) in [6.07, 6.45) is 1.64. The molecule has 4 rings (SSSR count). The maximum Gasteiger partial charge on any atom is 0.293 e. The highest BCUT2D eigenvalue weighted by molar-refractivity contribution is 9.10. The number of halogens is 2. The van der Waals surface area contributed by atoms with Crippen molar-refractivity contribution in [2.24, 2.45) is 0 Å². The zero-order valence-electron chi connectivity index (χ0n) is 18.8. The van der Waals surface area contributed by atoms with Crippen molar-refractivity contribution >= 4 is 66.5 Å². The molecule has 11 heteroatoms. The van der Waals surface area contributed by atoms with Crippen molar-refractivity contribution in [3.8, 4) is 11.5 Å². The van der Waals surface area contributed by atoms with E-state index in [0.717, 1.165) is 27.4 Å². The first-order chi connectivity index (χ1) is 17.2. The van der Waals surface area contributed by atoms with Crippen LogP contribution in [0.2, 0.25) is 0 Å². The minimum absolute atomic E-state index is 0.00434. The molecule has 1 aliphatic heterocycles. The van der Waals surface area contributed by atoms with Crippen LogP contribution in [0, 0.1) is 10.1 Å². The fourth-order valence-corrected chi connectivity index (χ4v) is 4.89. The molecule has 3 aromatic carbocycles. The smallest absolute Gasteiger partial charge is 0.293 e. The number of nitrogens with zero attached hydrogens (tertiary/aromatic N) is 2. The molecule has 0 unspecified atom stereocenters. The number of non-ortho nitro benzene ring substituents is 1. The van der Waals surface area contributed by atoms with Crippen LogP contribution in [0.1, 0.15) is 16.7 Å². The summed E-state index contributed by atoms with van der Waals surface area (Å²) in [5.41, 5.74) is 2.25. The summed E-state index contributed by atoms with van der Waals surface area (Å²) in [6, 6.07) is 16.9. The Morgan fingerprint density at radius 2 is 1.67 bits per heavy atom. The van der Waals surface area contributed by atoms with E-state index in [1.165, 1.54) is 24.1 Å². The minimum atomic E-state index is -0.459. The van der Waals surface area contributed by atoms with Gasteiger partial charge in [-0.3, -0.25) is 24.6 Å². The summed E-state index contributed by atoms with van der Waals surface area (Å²) < 4.78 is 12.9. The molecule has 0 aliphatic carbocycles. The van der Waals surface area contributed by atoms with Gasteiger partial charge in [0.2, 0.25) is 0 Å².